The summed E-state index contributed by atoms with van der Waals surface area (Å²) in [5, 5.41) is 11.4. The van der Waals surface area contributed by atoms with Gasteiger partial charge >= 0.3 is 5.82 Å². The van der Waals surface area contributed by atoms with Crippen LogP contribution in [0, 0.1) is 6.92 Å². The SMILES string of the molecule is Cc1oc(=O)oc1COC(COc1ccc(CC2SC(=O)NC2=O)cc1)c1cccc(O)c1. The molecule has 9 nitrogen and oxygen atoms in total. The first-order chi connectivity index (χ1) is 15.9. The molecular weight excluding hydrogens is 450 g/mol. The Morgan fingerprint density at radius 1 is 1.12 bits per heavy atom. The van der Waals surface area contributed by atoms with Crippen molar-refractivity contribution in [3.63, 3.8) is 0 Å². The smallest absolute Gasteiger partial charge is 0.508 e. The molecule has 10 heteroatoms. The Balaban J connectivity index is 1.40. The summed E-state index contributed by atoms with van der Waals surface area (Å²) >= 11 is 0.990. The Morgan fingerprint density at radius 2 is 1.91 bits per heavy atom. The standard InChI is InChI=1S/C23H21NO8S/c1-13-18(32-23(28)31-13)11-30-19(15-3-2-4-16(25)10-15)12-29-17-7-5-14(6-8-17)9-20-21(26)24-22(27)33-20/h2-8,10,19-20,25H,9,11-12H2,1H3,(H,24,26,27). The van der Waals surface area contributed by atoms with E-state index < -0.39 is 17.2 Å². The fourth-order valence-corrected chi connectivity index (χ4v) is 4.14. The number of benzene rings is 2. The lowest BCUT2D eigenvalue weighted by Gasteiger charge is -2.19. The first-order valence-corrected chi connectivity index (χ1v) is 11.0. The molecule has 3 aromatic rings. The van der Waals surface area contributed by atoms with Gasteiger partial charge in [0.1, 0.15) is 36.6 Å². The zero-order valence-corrected chi connectivity index (χ0v) is 18.4. The van der Waals surface area contributed by atoms with Crippen molar-refractivity contribution in [2.75, 3.05) is 6.61 Å². The van der Waals surface area contributed by atoms with Gasteiger partial charge in [-0.05, 0) is 48.7 Å². The summed E-state index contributed by atoms with van der Waals surface area (Å²) < 4.78 is 21.6. The molecule has 172 valence electrons. The van der Waals surface area contributed by atoms with Crippen LogP contribution in [0.5, 0.6) is 11.5 Å². The number of hydrogen-bond acceptors (Lipinski definition) is 9. The maximum absolute atomic E-state index is 11.7. The van der Waals surface area contributed by atoms with E-state index >= 15 is 0 Å². The second-order valence-corrected chi connectivity index (χ2v) is 8.55. The average Bonchev–Trinajstić information content (AvgIpc) is 3.27. The van der Waals surface area contributed by atoms with Gasteiger partial charge in [0.25, 0.3) is 5.24 Å². The Bertz CT molecular complexity index is 1200. The molecule has 1 aliphatic rings. The van der Waals surface area contributed by atoms with Gasteiger partial charge in [0.05, 0.1) is 5.25 Å². The maximum atomic E-state index is 11.7. The fraction of sp³-hybridized carbons (Fsp3) is 0.261. The number of aromatic hydroxyl groups is 1. The summed E-state index contributed by atoms with van der Waals surface area (Å²) in [7, 11) is 0. The molecule has 0 spiro atoms. The van der Waals surface area contributed by atoms with Crippen LogP contribution >= 0.6 is 11.8 Å². The van der Waals surface area contributed by atoms with E-state index in [4.69, 9.17) is 18.3 Å². The molecule has 0 radical (unpaired) electrons. The monoisotopic (exact) mass is 471 g/mol. The largest absolute Gasteiger partial charge is 0.519 e. The zero-order chi connectivity index (χ0) is 23.4. The maximum Gasteiger partial charge on any atom is 0.519 e. The highest BCUT2D eigenvalue weighted by molar-refractivity contribution is 8.15. The molecule has 2 atom stereocenters. The molecule has 2 unspecified atom stereocenters. The highest BCUT2D eigenvalue weighted by Gasteiger charge is 2.31. The second kappa shape index (κ2) is 9.97. The van der Waals surface area contributed by atoms with Crippen LogP contribution < -0.4 is 15.9 Å². The van der Waals surface area contributed by atoms with Crippen molar-refractivity contribution >= 4 is 22.9 Å². The lowest BCUT2D eigenvalue weighted by Crippen LogP contribution is -2.25. The normalized spacial score (nSPS) is 16.6. The van der Waals surface area contributed by atoms with Crippen molar-refractivity contribution in [1.82, 2.24) is 5.32 Å². The highest BCUT2D eigenvalue weighted by atomic mass is 32.2. The number of carbonyl (C=O) groups excluding carboxylic acids is 2. The van der Waals surface area contributed by atoms with E-state index in [2.05, 4.69) is 5.32 Å². The van der Waals surface area contributed by atoms with Crippen LogP contribution in [0.1, 0.15) is 28.8 Å². The molecular formula is C23H21NO8S. The van der Waals surface area contributed by atoms with E-state index in [1.54, 1.807) is 43.3 Å². The average molecular weight is 471 g/mol. The summed E-state index contributed by atoms with van der Waals surface area (Å²) in [4.78, 5) is 34.3. The lowest BCUT2D eigenvalue weighted by atomic mass is 10.1. The Kier molecular flexibility index (Phi) is 6.85. The molecule has 2 N–H and O–H groups in total. The van der Waals surface area contributed by atoms with Crippen molar-refractivity contribution in [3.8, 4) is 11.5 Å². The molecule has 1 aliphatic heterocycles. The van der Waals surface area contributed by atoms with E-state index in [1.165, 1.54) is 0 Å². The van der Waals surface area contributed by atoms with Gasteiger partial charge in [0, 0.05) is 0 Å². The van der Waals surface area contributed by atoms with Crippen molar-refractivity contribution in [2.24, 2.45) is 0 Å². The molecule has 2 aromatic carbocycles. The van der Waals surface area contributed by atoms with Crippen LogP contribution in [0.15, 0.2) is 62.2 Å². The highest BCUT2D eigenvalue weighted by Crippen LogP contribution is 2.26. The van der Waals surface area contributed by atoms with E-state index in [9.17, 15) is 19.5 Å². The fourth-order valence-electron chi connectivity index (χ4n) is 3.28. The predicted octanol–water partition coefficient (Wildman–Crippen LogP) is 3.48. The minimum Gasteiger partial charge on any atom is -0.508 e. The number of phenols is 1. The number of hydrogen-bond donors (Lipinski definition) is 2. The molecule has 1 aromatic heterocycles. The van der Waals surface area contributed by atoms with E-state index in [0.29, 0.717) is 23.5 Å². The van der Waals surface area contributed by atoms with Crippen LogP contribution in [0.3, 0.4) is 0 Å². The van der Waals surface area contributed by atoms with Gasteiger partial charge in [-0.15, -0.1) is 0 Å². The van der Waals surface area contributed by atoms with Crippen LogP contribution in [-0.4, -0.2) is 28.1 Å². The van der Waals surface area contributed by atoms with Crippen LogP contribution in [-0.2, 0) is 22.6 Å². The Labute approximate surface area is 192 Å². The third kappa shape index (κ3) is 5.85. The van der Waals surface area contributed by atoms with Gasteiger partial charge in [-0.2, -0.15) is 0 Å². The number of carbonyl (C=O) groups is 2. The molecule has 1 fully saturated rings. The number of phenolic OH excluding ortho intramolecular Hbond substituents is 1. The number of rotatable bonds is 9. The Morgan fingerprint density at radius 3 is 2.55 bits per heavy atom. The second-order valence-electron chi connectivity index (χ2n) is 7.37. The molecule has 0 bridgehead atoms. The van der Waals surface area contributed by atoms with E-state index in [0.717, 1.165) is 17.3 Å². The van der Waals surface area contributed by atoms with Gasteiger partial charge < -0.3 is 23.4 Å². The zero-order valence-electron chi connectivity index (χ0n) is 17.6. The van der Waals surface area contributed by atoms with Crippen molar-refractivity contribution in [2.45, 2.75) is 31.3 Å². The number of thioether (sulfide) groups is 1. The van der Waals surface area contributed by atoms with Gasteiger partial charge in [0.2, 0.25) is 5.91 Å². The molecule has 4 rings (SSSR count). The minimum atomic E-state index is -0.797. The molecule has 1 saturated heterocycles. The predicted molar refractivity (Wildman–Crippen MR) is 118 cm³/mol. The van der Waals surface area contributed by atoms with Crippen molar-refractivity contribution in [3.05, 3.63) is 81.8 Å². The third-order valence-corrected chi connectivity index (χ3v) is 5.99. The number of amides is 2. The van der Waals surface area contributed by atoms with E-state index in [-0.39, 0.29) is 35.9 Å². The first kappa shape index (κ1) is 22.7. The van der Waals surface area contributed by atoms with Gasteiger partial charge in [-0.25, -0.2) is 4.79 Å². The van der Waals surface area contributed by atoms with Gasteiger partial charge in [-0.3, -0.25) is 14.9 Å². The number of imide groups is 1. The first-order valence-electron chi connectivity index (χ1n) is 10.1. The van der Waals surface area contributed by atoms with Crippen molar-refractivity contribution in [1.29, 1.82) is 0 Å². The Hall–Kier alpha value is -3.50. The summed E-state index contributed by atoms with van der Waals surface area (Å²) in [6.07, 6.45) is -0.131. The molecule has 2 amide bonds. The number of nitrogens with one attached hydrogen (secondary N) is 1. The number of aryl methyl sites for hydroxylation is 1. The van der Waals surface area contributed by atoms with Crippen molar-refractivity contribution < 1.29 is 33.0 Å². The van der Waals surface area contributed by atoms with Crippen LogP contribution in [0.4, 0.5) is 4.79 Å². The topological polar surface area (TPSA) is 128 Å². The summed E-state index contributed by atoms with van der Waals surface area (Å²) in [6.45, 7) is 1.72. The van der Waals surface area contributed by atoms with Gasteiger partial charge in [-0.1, -0.05) is 36.0 Å². The number of ether oxygens (including phenoxy) is 2. The molecule has 0 saturated carbocycles. The molecule has 33 heavy (non-hydrogen) atoms. The molecule has 2 heterocycles. The van der Waals surface area contributed by atoms with Gasteiger partial charge in [0.15, 0.2) is 5.76 Å². The summed E-state index contributed by atoms with van der Waals surface area (Å²) in [6, 6.07) is 13.8. The third-order valence-electron chi connectivity index (χ3n) is 5.01. The quantitative estimate of drug-likeness (QED) is 0.482. The lowest BCUT2D eigenvalue weighted by molar-refractivity contribution is -0.118. The van der Waals surface area contributed by atoms with Crippen LogP contribution in [0.2, 0.25) is 0 Å². The molecule has 0 aliphatic carbocycles. The van der Waals surface area contributed by atoms with E-state index in [1.807, 2.05) is 12.1 Å². The summed E-state index contributed by atoms with van der Waals surface area (Å²) in [5.41, 5.74) is 1.58. The van der Waals surface area contributed by atoms with Crippen LogP contribution in [0.25, 0.3) is 0 Å². The minimum absolute atomic E-state index is 0.0139. The summed E-state index contributed by atoms with van der Waals surface area (Å²) in [5.74, 6) is 0.208.